The summed E-state index contributed by atoms with van der Waals surface area (Å²) < 4.78 is 0.743. The van der Waals surface area contributed by atoms with Gasteiger partial charge >= 0.3 is 0 Å². The third-order valence-corrected chi connectivity index (χ3v) is 3.80. The van der Waals surface area contributed by atoms with Crippen LogP contribution in [0.3, 0.4) is 0 Å². The molecule has 96 valence electrons. The second kappa shape index (κ2) is 5.63. The van der Waals surface area contributed by atoms with Crippen LogP contribution in [0.5, 0.6) is 0 Å². The molecule has 0 aliphatic carbocycles. The molecular weight excluding hydrogens is 268 g/mol. The van der Waals surface area contributed by atoms with Crippen molar-refractivity contribution < 1.29 is 0 Å². The first kappa shape index (κ1) is 13.2. The molecule has 0 bridgehead atoms. The maximum absolute atomic E-state index is 5.94. The highest BCUT2D eigenvalue weighted by atomic mass is 35.5. The molecule has 18 heavy (non-hydrogen) atoms. The van der Waals surface area contributed by atoms with E-state index in [4.69, 9.17) is 11.6 Å². The molecular formula is C12H15ClN4S. The third kappa shape index (κ3) is 2.79. The van der Waals surface area contributed by atoms with E-state index >= 15 is 0 Å². The van der Waals surface area contributed by atoms with E-state index in [0.29, 0.717) is 5.82 Å². The van der Waals surface area contributed by atoms with Gasteiger partial charge in [-0.05, 0) is 32.9 Å². The van der Waals surface area contributed by atoms with Gasteiger partial charge in [-0.1, -0.05) is 11.6 Å². The molecule has 0 spiro atoms. The fraction of sp³-hybridized carbons (Fsp3) is 0.417. The quantitative estimate of drug-likeness (QED) is 0.862. The van der Waals surface area contributed by atoms with Crippen molar-refractivity contribution in [3.05, 3.63) is 22.3 Å². The summed E-state index contributed by atoms with van der Waals surface area (Å²) in [6.45, 7) is 7.82. The summed E-state index contributed by atoms with van der Waals surface area (Å²) in [6.07, 6.45) is 0. The minimum absolute atomic E-state index is 0.696. The molecule has 2 rings (SSSR count). The molecule has 6 heteroatoms. The van der Waals surface area contributed by atoms with Crippen LogP contribution in [-0.4, -0.2) is 28.0 Å². The number of aromatic nitrogens is 3. The average Bonchev–Trinajstić information content (AvgIpc) is 2.77. The van der Waals surface area contributed by atoms with Crippen molar-refractivity contribution >= 4 is 28.9 Å². The maximum Gasteiger partial charge on any atom is 0.229 e. The van der Waals surface area contributed by atoms with Gasteiger partial charge in [0.25, 0.3) is 0 Å². The molecule has 4 nitrogen and oxygen atoms in total. The molecule has 0 atom stereocenters. The summed E-state index contributed by atoms with van der Waals surface area (Å²) in [7, 11) is 0. The first-order valence-electron chi connectivity index (χ1n) is 5.87. The minimum Gasteiger partial charge on any atom is -0.341 e. The van der Waals surface area contributed by atoms with Gasteiger partial charge < -0.3 is 4.90 Å². The standard InChI is InChI=1S/C12H15ClN4S/c1-4-17(5-2)12-15-8(3)14-11(16-12)9-6-7-10(13)18-9/h6-7H,4-5H2,1-3H3. The van der Waals surface area contributed by atoms with E-state index < -0.39 is 0 Å². The Bertz CT molecular complexity index is 537. The predicted molar refractivity (Wildman–Crippen MR) is 76.4 cm³/mol. The number of aryl methyl sites for hydroxylation is 1. The van der Waals surface area contributed by atoms with Crippen molar-refractivity contribution in [2.45, 2.75) is 20.8 Å². The molecule has 0 amide bonds. The lowest BCUT2D eigenvalue weighted by Gasteiger charge is -2.18. The van der Waals surface area contributed by atoms with Crippen molar-refractivity contribution in [2.75, 3.05) is 18.0 Å². The van der Waals surface area contributed by atoms with Crippen molar-refractivity contribution in [1.82, 2.24) is 15.0 Å². The van der Waals surface area contributed by atoms with Crippen LogP contribution in [-0.2, 0) is 0 Å². The SMILES string of the molecule is CCN(CC)c1nc(C)nc(-c2ccc(Cl)s2)n1. The average molecular weight is 283 g/mol. The van der Waals surface area contributed by atoms with Gasteiger partial charge in [0.15, 0.2) is 5.82 Å². The van der Waals surface area contributed by atoms with Gasteiger partial charge in [0.1, 0.15) is 5.82 Å². The number of nitrogens with zero attached hydrogens (tertiary/aromatic N) is 4. The highest BCUT2D eigenvalue weighted by Gasteiger charge is 2.11. The molecule has 0 aliphatic rings. The smallest absolute Gasteiger partial charge is 0.229 e. The van der Waals surface area contributed by atoms with Crippen LogP contribution in [0, 0.1) is 6.92 Å². The number of anilines is 1. The van der Waals surface area contributed by atoms with Gasteiger partial charge in [0.05, 0.1) is 9.21 Å². The number of hydrogen-bond acceptors (Lipinski definition) is 5. The van der Waals surface area contributed by atoms with E-state index in [9.17, 15) is 0 Å². The summed E-state index contributed by atoms with van der Waals surface area (Å²) in [6, 6.07) is 3.80. The zero-order chi connectivity index (χ0) is 13.1. The number of halogens is 1. The van der Waals surface area contributed by atoms with Gasteiger partial charge in [0.2, 0.25) is 5.95 Å². The van der Waals surface area contributed by atoms with E-state index in [1.54, 1.807) is 0 Å². The lowest BCUT2D eigenvalue weighted by molar-refractivity contribution is 0.804. The molecule has 0 radical (unpaired) electrons. The van der Waals surface area contributed by atoms with Gasteiger partial charge in [-0.15, -0.1) is 11.3 Å². The Labute approximate surface area is 116 Å². The van der Waals surface area contributed by atoms with Gasteiger partial charge in [-0.2, -0.15) is 9.97 Å². The third-order valence-electron chi connectivity index (χ3n) is 2.58. The summed E-state index contributed by atoms with van der Waals surface area (Å²) in [5.74, 6) is 2.15. The predicted octanol–water partition coefficient (Wildman–Crippen LogP) is 3.41. The zero-order valence-corrected chi connectivity index (χ0v) is 12.2. The van der Waals surface area contributed by atoms with Crippen molar-refractivity contribution in [2.24, 2.45) is 0 Å². The summed E-state index contributed by atoms with van der Waals surface area (Å²) in [5.41, 5.74) is 0. The van der Waals surface area contributed by atoms with Crippen molar-refractivity contribution in [1.29, 1.82) is 0 Å². The van der Waals surface area contributed by atoms with E-state index in [-0.39, 0.29) is 0 Å². The van der Waals surface area contributed by atoms with Gasteiger partial charge in [-0.3, -0.25) is 0 Å². The monoisotopic (exact) mass is 282 g/mol. The Morgan fingerprint density at radius 3 is 2.44 bits per heavy atom. The highest BCUT2D eigenvalue weighted by molar-refractivity contribution is 7.19. The number of rotatable bonds is 4. The second-order valence-electron chi connectivity index (χ2n) is 3.78. The molecule has 0 unspecified atom stereocenters. The minimum atomic E-state index is 0.696. The Hall–Kier alpha value is -1.20. The summed E-state index contributed by atoms with van der Waals surface area (Å²) >= 11 is 7.42. The lowest BCUT2D eigenvalue weighted by atomic mass is 10.4. The Balaban J connectivity index is 2.43. The molecule has 2 aromatic rings. The van der Waals surface area contributed by atoms with Crippen LogP contribution in [0.1, 0.15) is 19.7 Å². The Kier molecular flexibility index (Phi) is 4.14. The fourth-order valence-electron chi connectivity index (χ4n) is 1.66. The highest BCUT2D eigenvalue weighted by Crippen LogP contribution is 2.29. The normalized spacial score (nSPS) is 10.7. The molecule has 2 aromatic heterocycles. The van der Waals surface area contributed by atoms with Crippen molar-refractivity contribution in [3.63, 3.8) is 0 Å². The second-order valence-corrected chi connectivity index (χ2v) is 5.50. The number of thiophene rings is 1. The van der Waals surface area contributed by atoms with Gasteiger partial charge in [-0.25, -0.2) is 4.98 Å². The maximum atomic E-state index is 5.94. The summed E-state index contributed by atoms with van der Waals surface area (Å²) in [4.78, 5) is 16.3. The van der Waals surface area contributed by atoms with Crippen LogP contribution >= 0.6 is 22.9 Å². The molecule has 2 heterocycles. The van der Waals surface area contributed by atoms with Crippen LogP contribution in [0.15, 0.2) is 12.1 Å². The fourth-order valence-corrected chi connectivity index (χ4v) is 2.64. The topological polar surface area (TPSA) is 41.9 Å². The first-order chi connectivity index (χ1) is 8.63. The lowest BCUT2D eigenvalue weighted by Crippen LogP contribution is -2.24. The van der Waals surface area contributed by atoms with E-state index in [1.807, 2.05) is 19.1 Å². The largest absolute Gasteiger partial charge is 0.341 e. The van der Waals surface area contributed by atoms with E-state index in [0.717, 1.165) is 34.1 Å². The Morgan fingerprint density at radius 1 is 1.17 bits per heavy atom. The molecule has 0 aromatic carbocycles. The van der Waals surface area contributed by atoms with Crippen LogP contribution in [0.4, 0.5) is 5.95 Å². The van der Waals surface area contributed by atoms with Crippen LogP contribution in [0.25, 0.3) is 10.7 Å². The van der Waals surface area contributed by atoms with Gasteiger partial charge in [0, 0.05) is 13.1 Å². The van der Waals surface area contributed by atoms with Crippen LogP contribution < -0.4 is 4.90 Å². The molecule has 0 fully saturated rings. The van der Waals surface area contributed by atoms with E-state index in [2.05, 4.69) is 33.7 Å². The zero-order valence-electron chi connectivity index (χ0n) is 10.6. The number of hydrogen-bond donors (Lipinski definition) is 0. The Morgan fingerprint density at radius 2 is 1.89 bits per heavy atom. The van der Waals surface area contributed by atoms with Crippen LogP contribution in [0.2, 0.25) is 4.34 Å². The molecule has 0 saturated heterocycles. The molecule has 0 aliphatic heterocycles. The molecule has 0 saturated carbocycles. The van der Waals surface area contributed by atoms with Crippen molar-refractivity contribution in [3.8, 4) is 10.7 Å². The first-order valence-corrected chi connectivity index (χ1v) is 7.06. The summed E-state index contributed by atoms with van der Waals surface area (Å²) in [5, 5.41) is 0. The van der Waals surface area contributed by atoms with E-state index in [1.165, 1.54) is 11.3 Å². The molecule has 0 N–H and O–H groups in total.